The van der Waals surface area contributed by atoms with Gasteiger partial charge in [-0.3, -0.25) is 19.3 Å². The average Bonchev–Trinajstić information content (AvgIpc) is 3.28. The summed E-state index contributed by atoms with van der Waals surface area (Å²) in [6.45, 7) is 4.34. The molecule has 1 atom stereocenters. The van der Waals surface area contributed by atoms with Gasteiger partial charge in [0.25, 0.3) is 11.8 Å². The highest BCUT2D eigenvalue weighted by Crippen LogP contribution is 2.35. The monoisotopic (exact) mass is 586 g/mol. The van der Waals surface area contributed by atoms with Crippen LogP contribution >= 0.6 is 11.6 Å². The predicted molar refractivity (Wildman–Crippen MR) is 164 cm³/mol. The van der Waals surface area contributed by atoms with Crippen molar-refractivity contribution in [1.29, 1.82) is 0 Å². The molecule has 2 fully saturated rings. The SMILES string of the molecule is COc1cccc(CCN2C(=O)c3cccc(N4CCCC(C(=O)N5CCN(c6ccccc6Cl)CC5)C4)c3C2=O)c1. The van der Waals surface area contributed by atoms with E-state index in [2.05, 4.69) is 9.80 Å². The normalized spacial score (nSPS) is 18.9. The van der Waals surface area contributed by atoms with Crippen LogP contribution in [0.1, 0.15) is 39.1 Å². The number of hydrogen-bond donors (Lipinski definition) is 0. The molecule has 3 aliphatic rings. The van der Waals surface area contributed by atoms with Crippen molar-refractivity contribution >= 4 is 40.7 Å². The van der Waals surface area contributed by atoms with Crippen LogP contribution in [-0.4, -0.2) is 80.4 Å². The van der Waals surface area contributed by atoms with E-state index in [-0.39, 0.29) is 23.6 Å². The van der Waals surface area contributed by atoms with Crippen molar-refractivity contribution in [3.05, 3.63) is 88.4 Å². The minimum Gasteiger partial charge on any atom is -0.497 e. The second kappa shape index (κ2) is 12.1. The third kappa shape index (κ3) is 5.43. The number of piperidine rings is 1. The number of imide groups is 1. The Labute approximate surface area is 251 Å². The third-order valence-corrected chi connectivity index (χ3v) is 8.95. The van der Waals surface area contributed by atoms with E-state index in [0.717, 1.165) is 60.2 Å². The van der Waals surface area contributed by atoms with Gasteiger partial charge in [-0.25, -0.2) is 0 Å². The molecule has 8 nitrogen and oxygen atoms in total. The number of para-hydroxylation sites is 1. The Hall–Kier alpha value is -4.04. The average molecular weight is 587 g/mol. The summed E-state index contributed by atoms with van der Waals surface area (Å²) in [4.78, 5) is 48.2. The van der Waals surface area contributed by atoms with Crippen molar-refractivity contribution in [2.24, 2.45) is 5.92 Å². The summed E-state index contributed by atoms with van der Waals surface area (Å²) in [5, 5.41) is 0.725. The molecule has 6 rings (SSSR count). The van der Waals surface area contributed by atoms with Crippen LogP contribution in [0.25, 0.3) is 0 Å². The van der Waals surface area contributed by atoms with Gasteiger partial charge in [0.15, 0.2) is 0 Å². The third-order valence-electron chi connectivity index (χ3n) is 8.63. The lowest BCUT2D eigenvalue weighted by Crippen LogP contribution is -2.52. The molecule has 3 aromatic carbocycles. The second-order valence-corrected chi connectivity index (χ2v) is 11.5. The molecule has 0 aromatic heterocycles. The van der Waals surface area contributed by atoms with E-state index in [0.29, 0.717) is 43.7 Å². The molecule has 9 heteroatoms. The van der Waals surface area contributed by atoms with Crippen molar-refractivity contribution in [3.8, 4) is 5.75 Å². The van der Waals surface area contributed by atoms with Crippen molar-refractivity contribution in [2.45, 2.75) is 19.3 Å². The summed E-state index contributed by atoms with van der Waals surface area (Å²) < 4.78 is 5.31. The summed E-state index contributed by atoms with van der Waals surface area (Å²) in [5.41, 5.74) is 3.64. The lowest BCUT2D eigenvalue weighted by molar-refractivity contribution is -0.136. The molecule has 3 aromatic rings. The molecule has 0 bridgehead atoms. The maximum absolute atomic E-state index is 13.6. The van der Waals surface area contributed by atoms with E-state index >= 15 is 0 Å². The highest BCUT2D eigenvalue weighted by molar-refractivity contribution is 6.33. The molecule has 42 heavy (non-hydrogen) atoms. The first-order valence-corrected chi connectivity index (χ1v) is 15.0. The Morgan fingerprint density at radius 2 is 1.64 bits per heavy atom. The van der Waals surface area contributed by atoms with Gasteiger partial charge in [0.2, 0.25) is 5.91 Å². The molecule has 0 aliphatic carbocycles. The largest absolute Gasteiger partial charge is 0.497 e. The second-order valence-electron chi connectivity index (χ2n) is 11.1. The highest BCUT2D eigenvalue weighted by atomic mass is 35.5. The molecule has 3 amide bonds. The van der Waals surface area contributed by atoms with E-state index in [1.807, 2.05) is 65.6 Å². The number of piperazine rings is 1. The van der Waals surface area contributed by atoms with Gasteiger partial charge in [0.1, 0.15) is 5.75 Å². The quantitative estimate of drug-likeness (QED) is 0.372. The van der Waals surface area contributed by atoms with Crippen LogP contribution in [0, 0.1) is 5.92 Å². The molecule has 3 heterocycles. The van der Waals surface area contributed by atoms with Crippen LogP contribution in [-0.2, 0) is 11.2 Å². The molecule has 3 aliphatic heterocycles. The van der Waals surface area contributed by atoms with Crippen LogP contribution in [0.3, 0.4) is 0 Å². The molecule has 2 saturated heterocycles. The highest BCUT2D eigenvalue weighted by Gasteiger charge is 2.39. The number of nitrogens with zero attached hydrogens (tertiary/aromatic N) is 4. The lowest BCUT2D eigenvalue weighted by Gasteiger charge is -2.40. The minimum absolute atomic E-state index is 0.155. The van der Waals surface area contributed by atoms with Gasteiger partial charge < -0.3 is 19.4 Å². The Morgan fingerprint density at radius 1 is 0.881 bits per heavy atom. The first-order chi connectivity index (χ1) is 20.4. The number of methoxy groups -OCH3 is 1. The first-order valence-electron chi connectivity index (χ1n) is 14.6. The Bertz CT molecular complexity index is 1500. The first kappa shape index (κ1) is 28.1. The number of fused-ring (bicyclic) bond motifs is 1. The molecular formula is C33H35ClN4O4. The minimum atomic E-state index is -0.266. The summed E-state index contributed by atoms with van der Waals surface area (Å²) in [5.74, 6) is 0.221. The molecular weight excluding hydrogens is 552 g/mol. The van der Waals surface area contributed by atoms with Gasteiger partial charge in [-0.15, -0.1) is 0 Å². The Kier molecular flexibility index (Phi) is 8.07. The van der Waals surface area contributed by atoms with Crippen LogP contribution in [0.4, 0.5) is 11.4 Å². The Balaban J connectivity index is 1.12. The maximum Gasteiger partial charge on any atom is 0.263 e. The van der Waals surface area contributed by atoms with Crippen LogP contribution in [0.2, 0.25) is 5.02 Å². The predicted octanol–water partition coefficient (Wildman–Crippen LogP) is 4.75. The fourth-order valence-electron chi connectivity index (χ4n) is 6.38. The molecule has 0 radical (unpaired) electrons. The van der Waals surface area contributed by atoms with Gasteiger partial charge in [0, 0.05) is 45.8 Å². The van der Waals surface area contributed by atoms with E-state index in [4.69, 9.17) is 16.3 Å². The van der Waals surface area contributed by atoms with Gasteiger partial charge >= 0.3 is 0 Å². The number of benzene rings is 3. The van der Waals surface area contributed by atoms with E-state index in [1.165, 1.54) is 4.90 Å². The van der Waals surface area contributed by atoms with Gasteiger partial charge in [-0.05, 0) is 61.2 Å². The van der Waals surface area contributed by atoms with Crippen molar-refractivity contribution in [3.63, 3.8) is 0 Å². The van der Waals surface area contributed by atoms with Crippen molar-refractivity contribution < 1.29 is 19.1 Å². The van der Waals surface area contributed by atoms with Gasteiger partial charge in [-0.2, -0.15) is 0 Å². The lowest BCUT2D eigenvalue weighted by atomic mass is 9.94. The number of anilines is 2. The van der Waals surface area contributed by atoms with E-state index in [9.17, 15) is 14.4 Å². The fraction of sp³-hybridized carbons (Fsp3) is 0.364. The molecule has 1 unspecified atom stereocenters. The van der Waals surface area contributed by atoms with E-state index in [1.54, 1.807) is 13.2 Å². The number of ether oxygens (including phenoxy) is 1. The number of hydrogen-bond acceptors (Lipinski definition) is 6. The van der Waals surface area contributed by atoms with Crippen LogP contribution < -0.4 is 14.5 Å². The zero-order valence-corrected chi connectivity index (χ0v) is 24.6. The smallest absolute Gasteiger partial charge is 0.263 e. The van der Waals surface area contributed by atoms with Gasteiger partial charge in [0.05, 0.1) is 40.6 Å². The van der Waals surface area contributed by atoms with Crippen molar-refractivity contribution in [1.82, 2.24) is 9.80 Å². The summed E-state index contributed by atoms with van der Waals surface area (Å²) in [6, 6.07) is 21.0. The van der Waals surface area contributed by atoms with Crippen molar-refractivity contribution in [2.75, 3.05) is 62.7 Å². The Morgan fingerprint density at radius 3 is 2.43 bits per heavy atom. The maximum atomic E-state index is 13.6. The number of carbonyl (C=O) groups excluding carboxylic acids is 3. The number of amides is 3. The molecule has 0 N–H and O–H groups in total. The molecule has 0 spiro atoms. The molecule has 218 valence electrons. The zero-order valence-electron chi connectivity index (χ0n) is 23.8. The number of rotatable bonds is 7. The summed E-state index contributed by atoms with van der Waals surface area (Å²) in [7, 11) is 1.62. The standard InChI is InChI=1S/C33H35ClN4O4/c1-42-25-9-4-7-23(21-25)14-16-38-32(40)26-10-5-13-29(30(26)33(38)41)37-15-6-8-24(22-37)31(39)36-19-17-35(18-20-36)28-12-3-2-11-27(28)34/h2-5,7,9-13,21,24H,6,8,14-20,22H2,1H3. The topological polar surface area (TPSA) is 73.4 Å². The summed E-state index contributed by atoms with van der Waals surface area (Å²) in [6.07, 6.45) is 2.21. The number of carbonyl (C=O) groups is 3. The summed E-state index contributed by atoms with van der Waals surface area (Å²) >= 11 is 6.40. The zero-order chi connectivity index (χ0) is 29.2. The number of halogens is 1. The fourth-order valence-corrected chi connectivity index (χ4v) is 6.64. The van der Waals surface area contributed by atoms with Gasteiger partial charge in [-0.1, -0.05) is 41.9 Å². The van der Waals surface area contributed by atoms with Crippen LogP contribution in [0.5, 0.6) is 5.75 Å². The van der Waals surface area contributed by atoms with E-state index < -0.39 is 0 Å². The van der Waals surface area contributed by atoms with Crippen LogP contribution in [0.15, 0.2) is 66.7 Å². The molecule has 0 saturated carbocycles.